The Balaban J connectivity index is 0.000000201. The van der Waals surface area contributed by atoms with Gasteiger partial charge in [0.2, 0.25) is 0 Å². The van der Waals surface area contributed by atoms with E-state index in [-0.39, 0.29) is 0 Å². The molecule has 0 saturated carbocycles. The van der Waals surface area contributed by atoms with Crippen LogP contribution in [0.5, 0.6) is 0 Å². The van der Waals surface area contributed by atoms with Crippen molar-refractivity contribution in [2.45, 2.75) is 0 Å². The third kappa shape index (κ3) is 7.61. The third-order valence-electron chi connectivity index (χ3n) is 7.99. The van der Waals surface area contributed by atoms with Gasteiger partial charge in [0.25, 0.3) is 0 Å². The summed E-state index contributed by atoms with van der Waals surface area (Å²) in [4.78, 5) is 0. The van der Waals surface area contributed by atoms with Crippen molar-refractivity contribution in [1.82, 2.24) is 0 Å². The van der Waals surface area contributed by atoms with E-state index >= 15 is 0 Å². The molecule has 0 amide bonds. The first-order valence-corrected chi connectivity index (χ1v) is 26.6. The minimum atomic E-state index is -5.33. The van der Waals surface area contributed by atoms with Crippen molar-refractivity contribution in [1.29, 1.82) is 0 Å². The average molecular weight is 946 g/mol. The van der Waals surface area contributed by atoms with Crippen LogP contribution in [0.15, 0.2) is 152 Å². The van der Waals surface area contributed by atoms with Gasteiger partial charge >= 0.3 is 309 Å². The minimum absolute atomic E-state index is 0.432. The van der Waals surface area contributed by atoms with Gasteiger partial charge in [-0.15, -0.1) is 0 Å². The van der Waals surface area contributed by atoms with Gasteiger partial charge in [-0.05, 0) is 0 Å². The third-order valence-corrected chi connectivity index (χ3v) is 31.5. The molecular formula is C38H24F6N2OS2Sb2. The first-order valence-electron chi connectivity index (χ1n) is 14.8. The van der Waals surface area contributed by atoms with Crippen LogP contribution in [0.4, 0.5) is 26.3 Å². The average Bonchev–Trinajstić information content (AvgIpc) is 3.13. The Kier molecular flexibility index (Phi) is 12.0. The first-order chi connectivity index (χ1) is 24.4. The second kappa shape index (κ2) is 16.1. The molecule has 0 N–H and O–H groups in total. The molecule has 0 aliphatic carbocycles. The van der Waals surface area contributed by atoms with E-state index in [1.807, 2.05) is 0 Å². The molecule has 0 fully saturated rings. The van der Waals surface area contributed by atoms with Gasteiger partial charge in [-0.2, -0.15) is 0 Å². The predicted octanol–water partition coefficient (Wildman–Crippen LogP) is 6.23. The molecule has 0 heterocycles. The standard InChI is InChI=1S/6C6H4F.2CNS.O.2Sb/c6*7-6-4-2-1-3-5-6;2*2-1-3;;;/h6*2-5H;;;;;/q;;;;;;2*-1;;;+2. The van der Waals surface area contributed by atoms with Crippen LogP contribution in [0.25, 0.3) is 0 Å². The molecule has 6 rings (SSSR count). The Bertz CT molecular complexity index is 2040. The zero-order chi connectivity index (χ0) is 36.7. The Morgan fingerprint density at radius 2 is 0.588 bits per heavy atom. The van der Waals surface area contributed by atoms with Crippen LogP contribution in [0.2, 0.25) is 0 Å². The van der Waals surface area contributed by atoms with Gasteiger partial charge in [-0.1, -0.05) is 0 Å². The van der Waals surface area contributed by atoms with Gasteiger partial charge in [-0.25, -0.2) is 0 Å². The first kappa shape index (κ1) is 38.2. The van der Waals surface area contributed by atoms with Gasteiger partial charge in [0.1, 0.15) is 0 Å². The molecule has 51 heavy (non-hydrogen) atoms. The summed E-state index contributed by atoms with van der Waals surface area (Å²) in [5.74, 6) is -2.65. The molecular weight excluding hydrogens is 922 g/mol. The van der Waals surface area contributed by atoms with Crippen molar-refractivity contribution in [2.24, 2.45) is 6.30 Å². The predicted molar refractivity (Wildman–Crippen MR) is 198 cm³/mol. The van der Waals surface area contributed by atoms with Gasteiger partial charge in [-0.3, -0.25) is 0 Å². The molecule has 0 aliphatic heterocycles. The molecule has 6 aromatic carbocycles. The molecule has 13 heteroatoms. The van der Waals surface area contributed by atoms with Crippen LogP contribution in [0.1, 0.15) is 0 Å². The quantitative estimate of drug-likeness (QED) is 0.0788. The molecule has 0 unspecified atom stereocenters. The summed E-state index contributed by atoms with van der Waals surface area (Å²) in [6.45, 7) is 0. The molecule has 0 aliphatic rings. The fraction of sp³-hybridized carbons (Fsp3) is 0. The second-order valence-corrected chi connectivity index (χ2v) is 30.6. The summed E-state index contributed by atoms with van der Waals surface area (Å²) in [6, 6.07) is 33.1. The van der Waals surface area contributed by atoms with E-state index in [9.17, 15) is 29.4 Å². The molecule has 0 atom stereocenters. The number of hydrogen-bond acceptors (Lipinski definition) is 5. The van der Waals surface area contributed by atoms with Crippen molar-refractivity contribution < 1.29 is 29.4 Å². The molecule has 0 radical (unpaired) electrons. The Labute approximate surface area is 306 Å². The fourth-order valence-electron chi connectivity index (χ4n) is 5.55. The zero-order valence-electron chi connectivity index (χ0n) is 26.1. The van der Waals surface area contributed by atoms with Crippen LogP contribution < -0.4 is 21.1 Å². The van der Waals surface area contributed by atoms with E-state index in [0.717, 1.165) is 0 Å². The number of nitrogens with zero attached hydrogens (tertiary/aromatic N) is 2. The maximum absolute atomic E-state index is 13.9. The van der Waals surface area contributed by atoms with Crippen LogP contribution in [-0.4, -0.2) is 47.1 Å². The normalized spacial score (nSPS) is 11.8. The van der Waals surface area contributed by atoms with Crippen LogP contribution in [0.3, 0.4) is 0 Å². The molecule has 0 bridgehead atoms. The number of halogens is 6. The summed E-state index contributed by atoms with van der Waals surface area (Å²) in [5, 5.41) is 4.82. The Hall–Kier alpha value is -4.06. The molecule has 0 spiro atoms. The van der Waals surface area contributed by atoms with E-state index in [1.54, 1.807) is 0 Å². The van der Waals surface area contributed by atoms with E-state index in [4.69, 9.17) is 24.4 Å². The topological polar surface area (TPSA) is 41.8 Å². The van der Waals surface area contributed by atoms with Crippen LogP contribution in [0, 0.1) is 34.9 Å². The monoisotopic (exact) mass is 944 g/mol. The van der Waals surface area contributed by atoms with Gasteiger partial charge in [0, 0.05) is 0 Å². The number of rotatable bonds is 8. The molecule has 256 valence electrons. The second-order valence-electron chi connectivity index (χ2n) is 10.9. The van der Waals surface area contributed by atoms with Crippen molar-refractivity contribution >= 4 is 92.6 Å². The van der Waals surface area contributed by atoms with Gasteiger partial charge < -0.3 is 0 Å². The molecule has 6 aromatic rings. The zero-order valence-corrected chi connectivity index (χ0v) is 32.9. The van der Waals surface area contributed by atoms with E-state index in [2.05, 4.69) is 16.6 Å². The summed E-state index contributed by atoms with van der Waals surface area (Å²) < 4.78 is 107. The summed E-state index contributed by atoms with van der Waals surface area (Å²) >= 11 is 0.0861. The summed E-state index contributed by atoms with van der Waals surface area (Å²) in [6.07, 6.45) is 0. The number of benzene rings is 6. The van der Waals surface area contributed by atoms with Crippen molar-refractivity contribution in [3.05, 3.63) is 180 Å². The number of thiocarbonyl (C=S) groups is 2. The van der Waals surface area contributed by atoms with E-state index in [0.29, 0.717) is 21.1 Å². The Morgan fingerprint density at radius 3 is 0.784 bits per heavy atom. The van der Waals surface area contributed by atoms with Crippen LogP contribution in [-0.2, 0) is 3.02 Å². The van der Waals surface area contributed by atoms with E-state index < -0.39 is 71.7 Å². The van der Waals surface area contributed by atoms with E-state index in [1.165, 1.54) is 146 Å². The number of hydrogen-bond donors (Lipinski definition) is 0. The van der Waals surface area contributed by atoms with Crippen molar-refractivity contribution in [3.63, 3.8) is 0 Å². The number of isothiocyanates is 2. The summed E-state index contributed by atoms with van der Waals surface area (Å²) in [5.41, 5.74) is 0. The molecule has 3 nitrogen and oxygen atoms in total. The van der Waals surface area contributed by atoms with Crippen molar-refractivity contribution in [2.75, 3.05) is 0 Å². The maximum atomic E-state index is 13.9. The molecule has 0 saturated heterocycles. The van der Waals surface area contributed by atoms with Gasteiger partial charge in [0.15, 0.2) is 0 Å². The Morgan fingerprint density at radius 1 is 0.392 bits per heavy atom. The molecule has 0 aromatic heterocycles. The van der Waals surface area contributed by atoms with Gasteiger partial charge in [0.05, 0.1) is 0 Å². The van der Waals surface area contributed by atoms with Crippen molar-refractivity contribution in [3.8, 4) is 0 Å². The summed E-state index contributed by atoms with van der Waals surface area (Å²) in [7, 11) is 0. The van der Waals surface area contributed by atoms with Crippen LogP contribution >= 0.6 is 24.4 Å². The SMILES string of the molecule is Fc1cc[c]([Sb]([N]=C=S)([N]=C=S)([c]2ccc(F)cc2)[c]2ccc(F)cc2)cc1.[O]=[Sb]([c]1ccc(F)cc1)([c]1ccc(F)cc1)[c]1ccc(F)cc1. The fourth-order valence-corrected chi connectivity index (χ4v) is 26.8.